The summed E-state index contributed by atoms with van der Waals surface area (Å²) in [4.78, 5) is 16.5. The van der Waals surface area contributed by atoms with Gasteiger partial charge in [-0.3, -0.25) is 0 Å². The number of cyclic esters (lactones) is 1. The van der Waals surface area contributed by atoms with E-state index in [0.717, 1.165) is 0 Å². The molecule has 140 valence electrons. The van der Waals surface area contributed by atoms with Crippen molar-refractivity contribution in [3.05, 3.63) is 57.2 Å². The highest BCUT2D eigenvalue weighted by Crippen LogP contribution is 2.41. The van der Waals surface area contributed by atoms with Gasteiger partial charge in [0.25, 0.3) is 0 Å². The Labute approximate surface area is 165 Å². The van der Waals surface area contributed by atoms with Crippen LogP contribution in [0.1, 0.15) is 11.1 Å². The van der Waals surface area contributed by atoms with E-state index in [9.17, 15) is 4.79 Å². The summed E-state index contributed by atoms with van der Waals surface area (Å²) in [7, 11) is 4.52. The summed E-state index contributed by atoms with van der Waals surface area (Å²) in [5, 5.41) is 0.739. The van der Waals surface area contributed by atoms with E-state index in [1.54, 1.807) is 36.4 Å². The summed E-state index contributed by atoms with van der Waals surface area (Å²) >= 11 is 11.9. The minimum absolute atomic E-state index is 0.113. The molecule has 0 unspecified atom stereocenters. The standard InChI is InChI=1S/C19H15Cl2NO5/c1-24-15-7-5-10(16(25-2)17(15)26-3)9-14-19(23)27-18(22-14)11-4-6-12(20)13(21)8-11/h4-9H,1-3H3/b14-9+. The molecule has 2 aromatic carbocycles. The van der Waals surface area contributed by atoms with E-state index < -0.39 is 5.97 Å². The summed E-state index contributed by atoms with van der Waals surface area (Å²) in [6, 6.07) is 8.29. The van der Waals surface area contributed by atoms with Gasteiger partial charge >= 0.3 is 5.97 Å². The number of carbonyl (C=O) groups excluding carboxylic acids is 1. The number of rotatable bonds is 5. The molecule has 2 aromatic rings. The predicted octanol–water partition coefficient (Wildman–Crippen LogP) is 4.36. The zero-order valence-electron chi connectivity index (χ0n) is 14.7. The van der Waals surface area contributed by atoms with Gasteiger partial charge in [-0.05, 0) is 36.4 Å². The zero-order valence-corrected chi connectivity index (χ0v) is 16.2. The Kier molecular flexibility index (Phi) is 5.58. The molecule has 1 aliphatic heterocycles. The number of halogens is 2. The highest BCUT2D eigenvalue weighted by Gasteiger charge is 2.26. The van der Waals surface area contributed by atoms with Gasteiger partial charge in [0.05, 0.1) is 31.4 Å². The number of hydrogen-bond acceptors (Lipinski definition) is 6. The number of hydrogen-bond donors (Lipinski definition) is 0. The smallest absolute Gasteiger partial charge is 0.363 e. The maximum atomic E-state index is 12.2. The second-order valence-corrected chi connectivity index (χ2v) is 6.20. The quantitative estimate of drug-likeness (QED) is 0.543. The van der Waals surface area contributed by atoms with Crippen LogP contribution in [0.15, 0.2) is 41.0 Å². The van der Waals surface area contributed by atoms with Crippen LogP contribution in [0.25, 0.3) is 6.08 Å². The van der Waals surface area contributed by atoms with Crippen molar-refractivity contribution in [3.63, 3.8) is 0 Å². The van der Waals surface area contributed by atoms with Gasteiger partial charge in [-0.2, -0.15) is 0 Å². The van der Waals surface area contributed by atoms with Crippen LogP contribution in [-0.2, 0) is 9.53 Å². The first-order chi connectivity index (χ1) is 13.0. The fourth-order valence-corrected chi connectivity index (χ4v) is 2.85. The van der Waals surface area contributed by atoms with Crippen LogP contribution in [0.2, 0.25) is 10.0 Å². The average Bonchev–Trinajstić information content (AvgIpc) is 3.03. The van der Waals surface area contributed by atoms with Gasteiger partial charge in [-0.25, -0.2) is 9.79 Å². The number of carbonyl (C=O) groups is 1. The van der Waals surface area contributed by atoms with Gasteiger partial charge in [0.15, 0.2) is 17.2 Å². The van der Waals surface area contributed by atoms with E-state index in [1.807, 2.05) is 0 Å². The molecule has 0 radical (unpaired) electrons. The van der Waals surface area contributed by atoms with Gasteiger partial charge in [0.2, 0.25) is 11.6 Å². The van der Waals surface area contributed by atoms with Gasteiger partial charge < -0.3 is 18.9 Å². The van der Waals surface area contributed by atoms with Gasteiger partial charge in [-0.15, -0.1) is 0 Å². The number of nitrogens with zero attached hydrogens (tertiary/aromatic N) is 1. The van der Waals surface area contributed by atoms with Gasteiger partial charge in [-0.1, -0.05) is 23.2 Å². The Balaban J connectivity index is 2.03. The SMILES string of the molecule is COc1ccc(/C=C2/N=C(c3ccc(Cl)c(Cl)c3)OC2=O)c(OC)c1OC. The molecule has 0 fully saturated rings. The Morgan fingerprint density at radius 2 is 1.70 bits per heavy atom. The fourth-order valence-electron chi connectivity index (χ4n) is 2.55. The van der Waals surface area contributed by atoms with Crippen molar-refractivity contribution in [2.45, 2.75) is 0 Å². The van der Waals surface area contributed by atoms with Crippen molar-refractivity contribution >= 4 is 41.1 Å². The molecule has 1 aliphatic rings. The highest BCUT2D eigenvalue weighted by molar-refractivity contribution is 6.42. The van der Waals surface area contributed by atoms with Crippen molar-refractivity contribution in [1.29, 1.82) is 0 Å². The van der Waals surface area contributed by atoms with Crippen LogP contribution in [0, 0.1) is 0 Å². The molecular formula is C19H15Cl2NO5. The number of methoxy groups -OCH3 is 3. The third-order valence-electron chi connectivity index (χ3n) is 3.81. The largest absolute Gasteiger partial charge is 0.493 e. The predicted molar refractivity (Wildman–Crippen MR) is 103 cm³/mol. The van der Waals surface area contributed by atoms with Crippen LogP contribution < -0.4 is 14.2 Å². The second kappa shape index (κ2) is 7.90. The zero-order chi connectivity index (χ0) is 19.6. The Morgan fingerprint density at radius 1 is 0.963 bits per heavy atom. The Morgan fingerprint density at radius 3 is 2.33 bits per heavy atom. The van der Waals surface area contributed by atoms with Gasteiger partial charge in [0.1, 0.15) is 0 Å². The van der Waals surface area contributed by atoms with Crippen molar-refractivity contribution in [2.75, 3.05) is 21.3 Å². The minimum atomic E-state index is -0.590. The number of ether oxygens (including phenoxy) is 4. The molecule has 0 saturated heterocycles. The molecule has 1 heterocycles. The van der Waals surface area contributed by atoms with E-state index in [-0.39, 0.29) is 11.6 Å². The van der Waals surface area contributed by atoms with Gasteiger partial charge in [0, 0.05) is 11.1 Å². The number of aliphatic imine (C=N–C) groups is 1. The molecule has 0 bridgehead atoms. The van der Waals surface area contributed by atoms with E-state index in [1.165, 1.54) is 21.3 Å². The molecule has 3 rings (SSSR count). The molecule has 8 heteroatoms. The molecule has 6 nitrogen and oxygen atoms in total. The molecule has 0 aromatic heterocycles. The molecule has 0 spiro atoms. The number of esters is 1. The maximum absolute atomic E-state index is 12.2. The second-order valence-electron chi connectivity index (χ2n) is 5.39. The van der Waals surface area contributed by atoms with Crippen molar-refractivity contribution < 1.29 is 23.7 Å². The summed E-state index contributed by atoms with van der Waals surface area (Å²) < 4.78 is 21.3. The van der Waals surface area contributed by atoms with Crippen molar-refractivity contribution in [3.8, 4) is 17.2 Å². The lowest BCUT2D eigenvalue weighted by atomic mass is 10.1. The van der Waals surface area contributed by atoms with Crippen LogP contribution in [-0.4, -0.2) is 33.2 Å². The third kappa shape index (κ3) is 3.72. The van der Waals surface area contributed by atoms with Crippen LogP contribution in [0.5, 0.6) is 17.2 Å². The lowest BCUT2D eigenvalue weighted by Crippen LogP contribution is -2.05. The first-order valence-corrected chi connectivity index (χ1v) is 8.51. The van der Waals surface area contributed by atoms with E-state index in [0.29, 0.717) is 38.4 Å². The first kappa shape index (κ1) is 19.1. The summed E-state index contributed by atoms with van der Waals surface area (Å²) in [5.41, 5.74) is 1.24. The maximum Gasteiger partial charge on any atom is 0.363 e. The van der Waals surface area contributed by atoms with Crippen molar-refractivity contribution in [1.82, 2.24) is 0 Å². The molecule has 0 N–H and O–H groups in total. The minimum Gasteiger partial charge on any atom is -0.493 e. The summed E-state index contributed by atoms with van der Waals surface area (Å²) in [6.45, 7) is 0. The fraction of sp³-hybridized carbons (Fsp3) is 0.158. The van der Waals surface area contributed by atoms with Crippen LogP contribution in [0.3, 0.4) is 0 Å². The lowest BCUT2D eigenvalue weighted by Gasteiger charge is -2.14. The molecule has 0 saturated carbocycles. The summed E-state index contributed by atoms with van der Waals surface area (Å²) in [5.74, 6) is 0.882. The topological polar surface area (TPSA) is 66.4 Å². The molecule has 27 heavy (non-hydrogen) atoms. The monoisotopic (exact) mass is 407 g/mol. The first-order valence-electron chi connectivity index (χ1n) is 7.75. The Bertz CT molecular complexity index is 969. The lowest BCUT2D eigenvalue weighted by molar-refractivity contribution is -0.129. The van der Waals surface area contributed by atoms with E-state index >= 15 is 0 Å². The van der Waals surface area contributed by atoms with Crippen LogP contribution >= 0.6 is 23.2 Å². The highest BCUT2D eigenvalue weighted by atomic mass is 35.5. The normalized spacial score (nSPS) is 14.8. The molecule has 0 amide bonds. The van der Waals surface area contributed by atoms with Crippen LogP contribution in [0.4, 0.5) is 0 Å². The number of benzene rings is 2. The molecular weight excluding hydrogens is 393 g/mol. The average molecular weight is 408 g/mol. The molecule has 0 atom stereocenters. The Hall–Kier alpha value is -2.70. The van der Waals surface area contributed by atoms with Crippen molar-refractivity contribution in [2.24, 2.45) is 4.99 Å². The summed E-state index contributed by atoms with van der Waals surface area (Å²) in [6.07, 6.45) is 1.55. The third-order valence-corrected chi connectivity index (χ3v) is 4.55. The van der Waals surface area contributed by atoms with E-state index in [4.69, 9.17) is 42.1 Å². The molecule has 0 aliphatic carbocycles. The van der Waals surface area contributed by atoms with E-state index in [2.05, 4.69) is 4.99 Å².